The standard InChI is InChI=1S/C10H12F3NO4/c1-2-16-8(15)7-6-18-9(14-7)17-5-3-4-10(11,12)13/h6H,2-5H2,1H3. The van der Waals surface area contributed by atoms with Crippen molar-refractivity contribution < 1.29 is 31.9 Å². The first-order chi connectivity index (χ1) is 8.42. The Morgan fingerprint density at radius 1 is 1.50 bits per heavy atom. The monoisotopic (exact) mass is 267 g/mol. The van der Waals surface area contributed by atoms with Gasteiger partial charge in [0.2, 0.25) is 0 Å². The predicted octanol–water partition coefficient (Wildman–Crippen LogP) is 2.57. The van der Waals surface area contributed by atoms with Crippen molar-refractivity contribution in [3.05, 3.63) is 12.0 Å². The highest BCUT2D eigenvalue weighted by molar-refractivity contribution is 5.86. The lowest BCUT2D eigenvalue weighted by Crippen LogP contribution is -2.10. The highest BCUT2D eigenvalue weighted by Crippen LogP contribution is 2.21. The average Bonchev–Trinajstić information content (AvgIpc) is 2.72. The molecule has 0 spiro atoms. The molecule has 8 heteroatoms. The van der Waals surface area contributed by atoms with Gasteiger partial charge in [0.15, 0.2) is 5.69 Å². The van der Waals surface area contributed by atoms with Crippen LogP contribution in [-0.4, -0.2) is 30.3 Å². The van der Waals surface area contributed by atoms with Gasteiger partial charge in [-0.3, -0.25) is 0 Å². The van der Waals surface area contributed by atoms with E-state index in [1.54, 1.807) is 6.92 Å². The van der Waals surface area contributed by atoms with Gasteiger partial charge in [-0.25, -0.2) is 4.79 Å². The fourth-order valence-corrected chi connectivity index (χ4v) is 1.05. The normalized spacial score (nSPS) is 11.3. The number of hydrogen-bond donors (Lipinski definition) is 0. The molecule has 1 heterocycles. The summed E-state index contributed by atoms with van der Waals surface area (Å²) in [5, 5.41) is 0. The Balaban J connectivity index is 2.33. The van der Waals surface area contributed by atoms with E-state index in [1.807, 2.05) is 0 Å². The van der Waals surface area contributed by atoms with E-state index in [0.29, 0.717) is 0 Å². The number of alkyl halides is 3. The lowest BCUT2D eigenvalue weighted by molar-refractivity contribution is -0.136. The molecule has 0 bridgehead atoms. The number of rotatable bonds is 6. The van der Waals surface area contributed by atoms with Gasteiger partial charge >= 0.3 is 18.2 Å². The minimum Gasteiger partial charge on any atom is -0.461 e. The van der Waals surface area contributed by atoms with Crippen LogP contribution in [0.5, 0.6) is 6.08 Å². The lowest BCUT2D eigenvalue weighted by Gasteiger charge is -2.05. The van der Waals surface area contributed by atoms with Crippen LogP contribution in [0, 0.1) is 0 Å². The molecule has 1 aromatic heterocycles. The summed E-state index contributed by atoms with van der Waals surface area (Å²) in [7, 11) is 0. The fraction of sp³-hybridized carbons (Fsp3) is 0.600. The number of hydrogen-bond acceptors (Lipinski definition) is 5. The third-order valence-electron chi connectivity index (χ3n) is 1.80. The molecule has 1 aromatic rings. The van der Waals surface area contributed by atoms with E-state index in [9.17, 15) is 18.0 Å². The summed E-state index contributed by atoms with van der Waals surface area (Å²) in [6.45, 7) is 1.63. The first kappa shape index (κ1) is 14.3. The van der Waals surface area contributed by atoms with Crippen LogP contribution in [0.1, 0.15) is 30.3 Å². The minimum atomic E-state index is -4.21. The molecule has 0 amide bonds. The molecule has 5 nitrogen and oxygen atoms in total. The van der Waals surface area contributed by atoms with Crippen molar-refractivity contribution in [1.82, 2.24) is 4.98 Å². The molecule has 0 radical (unpaired) electrons. The first-order valence-electron chi connectivity index (χ1n) is 5.24. The molecule has 0 aliphatic carbocycles. The van der Waals surface area contributed by atoms with Crippen molar-refractivity contribution >= 4 is 5.97 Å². The molecule has 102 valence electrons. The molecule has 0 atom stereocenters. The second-order valence-corrected chi connectivity index (χ2v) is 3.29. The number of aromatic nitrogens is 1. The van der Waals surface area contributed by atoms with Gasteiger partial charge in [0.25, 0.3) is 0 Å². The van der Waals surface area contributed by atoms with E-state index in [2.05, 4.69) is 9.72 Å². The largest absolute Gasteiger partial charge is 0.461 e. The smallest absolute Gasteiger partial charge is 0.394 e. The van der Waals surface area contributed by atoms with Crippen molar-refractivity contribution in [2.24, 2.45) is 0 Å². The first-order valence-corrected chi connectivity index (χ1v) is 5.24. The predicted molar refractivity (Wildman–Crippen MR) is 53.2 cm³/mol. The van der Waals surface area contributed by atoms with Crippen molar-refractivity contribution in [3.63, 3.8) is 0 Å². The van der Waals surface area contributed by atoms with Gasteiger partial charge in [0, 0.05) is 6.42 Å². The fourth-order valence-electron chi connectivity index (χ4n) is 1.05. The van der Waals surface area contributed by atoms with Gasteiger partial charge < -0.3 is 13.9 Å². The average molecular weight is 267 g/mol. The maximum Gasteiger partial charge on any atom is 0.394 e. The highest BCUT2D eigenvalue weighted by Gasteiger charge is 2.26. The Hall–Kier alpha value is -1.73. The van der Waals surface area contributed by atoms with Crippen molar-refractivity contribution in [2.45, 2.75) is 25.9 Å². The Morgan fingerprint density at radius 2 is 2.22 bits per heavy atom. The van der Waals surface area contributed by atoms with Crippen molar-refractivity contribution in [1.29, 1.82) is 0 Å². The number of esters is 1. The van der Waals surface area contributed by atoms with Crippen LogP contribution in [-0.2, 0) is 4.74 Å². The summed E-state index contributed by atoms with van der Waals surface area (Å²) in [6, 6.07) is 0. The second-order valence-electron chi connectivity index (χ2n) is 3.29. The zero-order valence-corrected chi connectivity index (χ0v) is 9.62. The third-order valence-corrected chi connectivity index (χ3v) is 1.80. The molecule has 0 N–H and O–H groups in total. The molecule has 18 heavy (non-hydrogen) atoms. The molecule has 0 fully saturated rings. The molecule has 0 saturated carbocycles. The SMILES string of the molecule is CCOC(=O)c1coc(OCCCC(F)(F)F)n1. The van der Waals surface area contributed by atoms with Crippen LogP contribution >= 0.6 is 0 Å². The summed E-state index contributed by atoms with van der Waals surface area (Å²) in [4.78, 5) is 14.8. The molecule has 0 aliphatic rings. The third kappa shape index (κ3) is 5.07. The van der Waals surface area contributed by atoms with Gasteiger partial charge in [0.1, 0.15) is 6.26 Å². The summed E-state index contributed by atoms with van der Waals surface area (Å²) in [5.74, 6) is -0.675. The topological polar surface area (TPSA) is 61.6 Å². The van der Waals surface area contributed by atoms with Gasteiger partial charge in [-0.15, -0.1) is 0 Å². The number of carbonyl (C=O) groups excluding carboxylic acids is 1. The minimum absolute atomic E-state index is 0.0809. The second kappa shape index (κ2) is 6.27. The van der Waals surface area contributed by atoms with Crippen molar-refractivity contribution in [2.75, 3.05) is 13.2 Å². The van der Waals surface area contributed by atoms with Gasteiger partial charge in [-0.1, -0.05) is 0 Å². The summed E-state index contributed by atoms with van der Waals surface area (Å²) < 4.78 is 49.7. The highest BCUT2D eigenvalue weighted by atomic mass is 19.4. The Kier molecular flexibility index (Phi) is 4.99. The number of nitrogens with zero attached hydrogens (tertiary/aromatic N) is 1. The number of carbonyl (C=O) groups is 1. The van der Waals surface area contributed by atoms with E-state index < -0.39 is 18.6 Å². The van der Waals surface area contributed by atoms with Gasteiger partial charge in [0.05, 0.1) is 13.2 Å². The molecule has 1 rings (SSSR count). The van der Waals surface area contributed by atoms with Gasteiger partial charge in [-0.05, 0) is 13.3 Å². The van der Waals surface area contributed by atoms with E-state index in [4.69, 9.17) is 9.15 Å². The van der Waals surface area contributed by atoms with Crippen LogP contribution in [0.2, 0.25) is 0 Å². The lowest BCUT2D eigenvalue weighted by atomic mass is 10.3. The molecule has 0 unspecified atom stereocenters. The summed E-state index contributed by atoms with van der Waals surface area (Å²) >= 11 is 0. The molecular weight excluding hydrogens is 255 g/mol. The maximum atomic E-state index is 11.8. The number of ether oxygens (including phenoxy) is 2. The molecule has 0 saturated heterocycles. The zero-order chi connectivity index (χ0) is 13.6. The summed E-state index contributed by atoms with van der Waals surface area (Å²) in [6.07, 6.45) is -4.59. The Bertz CT molecular complexity index is 389. The van der Waals surface area contributed by atoms with E-state index in [0.717, 1.165) is 6.26 Å². The van der Waals surface area contributed by atoms with Crippen LogP contribution in [0.15, 0.2) is 10.7 Å². The van der Waals surface area contributed by atoms with Crippen LogP contribution in [0.3, 0.4) is 0 Å². The van der Waals surface area contributed by atoms with Crippen molar-refractivity contribution in [3.8, 4) is 6.08 Å². The summed E-state index contributed by atoms with van der Waals surface area (Å²) in [5.41, 5.74) is -0.0809. The molecule has 0 aromatic carbocycles. The quantitative estimate of drug-likeness (QED) is 0.585. The Morgan fingerprint density at radius 3 is 2.83 bits per heavy atom. The van der Waals surface area contributed by atoms with E-state index >= 15 is 0 Å². The van der Waals surface area contributed by atoms with Crippen LogP contribution in [0.25, 0.3) is 0 Å². The van der Waals surface area contributed by atoms with Gasteiger partial charge in [-0.2, -0.15) is 18.2 Å². The van der Waals surface area contributed by atoms with E-state index in [1.165, 1.54) is 0 Å². The molecule has 0 aliphatic heterocycles. The Labute approximate surface area is 101 Å². The number of halogens is 3. The maximum absolute atomic E-state index is 11.8. The molecular formula is C10H12F3NO4. The number of oxazole rings is 1. The van der Waals surface area contributed by atoms with E-state index in [-0.39, 0.29) is 31.4 Å². The van der Waals surface area contributed by atoms with Crippen LogP contribution in [0.4, 0.5) is 13.2 Å². The zero-order valence-electron chi connectivity index (χ0n) is 9.62. The van der Waals surface area contributed by atoms with Crippen LogP contribution < -0.4 is 4.74 Å².